The third-order valence-corrected chi connectivity index (χ3v) is 8.46. The average molecular weight is 618 g/mol. The average Bonchev–Trinajstić information content (AvgIpc) is 3.43. The number of nitrogens with two attached hydrogens (primary N) is 1. The van der Waals surface area contributed by atoms with E-state index in [-0.39, 0.29) is 29.4 Å². The minimum absolute atomic E-state index is 0.0318. The summed E-state index contributed by atoms with van der Waals surface area (Å²) in [5, 5.41) is 11.5. The van der Waals surface area contributed by atoms with Gasteiger partial charge in [-0.05, 0) is 69.2 Å². The van der Waals surface area contributed by atoms with Crippen molar-refractivity contribution >= 4 is 40.4 Å². The second-order valence-electron chi connectivity index (χ2n) is 11.7. The van der Waals surface area contributed by atoms with E-state index >= 15 is 0 Å². The molecule has 2 atom stereocenters. The summed E-state index contributed by atoms with van der Waals surface area (Å²) in [6.07, 6.45) is 10.2. The fraction of sp³-hybridized carbons (Fsp3) is 0.364. The molecule has 1 fully saturated rings. The molecule has 4 N–H and O–H groups in total. The van der Waals surface area contributed by atoms with Crippen molar-refractivity contribution in [1.82, 2.24) is 25.1 Å². The number of anilines is 2. The highest BCUT2D eigenvalue weighted by Crippen LogP contribution is 2.39. The number of aromatic nitrogens is 4. The number of rotatable bonds is 3. The lowest BCUT2D eigenvalue weighted by Gasteiger charge is -2.30. The lowest BCUT2D eigenvalue weighted by Crippen LogP contribution is -2.39. The van der Waals surface area contributed by atoms with Crippen LogP contribution in [0.25, 0.3) is 28.2 Å². The minimum Gasteiger partial charge on any atom is -0.383 e. The Labute approximate surface area is 258 Å². The molecule has 12 heteroatoms. The first-order valence-corrected chi connectivity index (χ1v) is 15.2. The first kappa shape index (κ1) is 30.3. The molecule has 4 aromatic rings. The van der Waals surface area contributed by atoms with Gasteiger partial charge in [-0.3, -0.25) is 14.3 Å². The number of alkyl halides is 3. The zero-order valence-corrected chi connectivity index (χ0v) is 24.6. The summed E-state index contributed by atoms with van der Waals surface area (Å²) in [6, 6.07) is 8.37. The zero-order valence-electron chi connectivity index (χ0n) is 24.6. The maximum absolute atomic E-state index is 13.1. The number of fused-ring (bicyclic) bond motifs is 3. The topological polar surface area (TPSA) is 128 Å². The molecular formula is C33H34F3N7O2. The molecule has 1 unspecified atom stereocenters. The number of nitrogens with one attached hydrogen (secondary N) is 2. The third-order valence-electron chi connectivity index (χ3n) is 8.46. The van der Waals surface area contributed by atoms with Gasteiger partial charge in [-0.1, -0.05) is 30.7 Å². The third kappa shape index (κ3) is 6.69. The number of hydrogen-bond donors (Lipinski definition) is 3. The standard InChI is InChI=1S/C33H34F3N7O2/c34-33(35,36)23-15-16-38-26(17-23)41-32(45)21-13-11-20(12-14-21)29-28-30-22(19-39-31(28)37)7-4-2-1-3-5-10-27(44)40-24-8-6-9-25(18-24)43(30)42-29/h4,7,11-17,19,24-25H,1-3,5-6,8-10,18H2,(H2,37,39)(H,40,44)(H,38,41,45)/b7-4+/t24?,25-/m1/s1. The maximum atomic E-state index is 13.1. The molecule has 234 valence electrons. The molecule has 2 aliphatic rings. The monoisotopic (exact) mass is 617 g/mol. The van der Waals surface area contributed by atoms with E-state index in [0.717, 1.165) is 80.8 Å². The molecule has 1 aromatic carbocycles. The summed E-state index contributed by atoms with van der Waals surface area (Å²) in [5.74, 6) is -0.365. The smallest absolute Gasteiger partial charge is 0.383 e. The number of hydrogen-bond acceptors (Lipinski definition) is 6. The van der Waals surface area contributed by atoms with E-state index in [9.17, 15) is 22.8 Å². The lowest BCUT2D eigenvalue weighted by molar-refractivity contribution is -0.137. The molecule has 4 heterocycles. The van der Waals surface area contributed by atoms with E-state index in [0.29, 0.717) is 28.9 Å². The first-order chi connectivity index (χ1) is 21.7. The van der Waals surface area contributed by atoms with Crippen molar-refractivity contribution in [2.24, 2.45) is 0 Å². The van der Waals surface area contributed by atoms with E-state index in [1.54, 1.807) is 30.5 Å². The molecule has 1 saturated carbocycles. The summed E-state index contributed by atoms with van der Waals surface area (Å²) < 4.78 is 41.3. The van der Waals surface area contributed by atoms with Gasteiger partial charge < -0.3 is 16.4 Å². The van der Waals surface area contributed by atoms with Crippen LogP contribution in [0.15, 0.2) is 54.9 Å². The molecule has 2 amide bonds. The van der Waals surface area contributed by atoms with Crippen LogP contribution in [0.3, 0.4) is 0 Å². The largest absolute Gasteiger partial charge is 0.416 e. The number of carbonyl (C=O) groups is 2. The first-order valence-electron chi connectivity index (χ1n) is 15.2. The second kappa shape index (κ2) is 12.7. The van der Waals surface area contributed by atoms with Crippen LogP contribution in [-0.2, 0) is 11.0 Å². The van der Waals surface area contributed by atoms with Crippen molar-refractivity contribution in [2.45, 2.75) is 76.0 Å². The predicted octanol–water partition coefficient (Wildman–Crippen LogP) is 6.92. The fourth-order valence-corrected chi connectivity index (χ4v) is 6.20. The number of nitrogens with zero attached hydrogens (tertiary/aromatic N) is 4. The number of benzene rings is 1. The van der Waals surface area contributed by atoms with Gasteiger partial charge in [0.2, 0.25) is 5.91 Å². The highest BCUT2D eigenvalue weighted by Gasteiger charge is 2.31. The highest BCUT2D eigenvalue weighted by molar-refractivity contribution is 6.06. The number of amides is 2. The zero-order chi connectivity index (χ0) is 31.6. The van der Waals surface area contributed by atoms with Gasteiger partial charge in [-0.25, -0.2) is 9.97 Å². The maximum Gasteiger partial charge on any atom is 0.416 e. The van der Waals surface area contributed by atoms with Crippen molar-refractivity contribution in [3.8, 4) is 11.3 Å². The Morgan fingerprint density at radius 2 is 1.87 bits per heavy atom. The number of pyridine rings is 2. The molecular weight excluding hydrogens is 583 g/mol. The van der Waals surface area contributed by atoms with Crippen LogP contribution < -0.4 is 16.4 Å². The van der Waals surface area contributed by atoms with Gasteiger partial charge in [0, 0.05) is 41.5 Å². The van der Waals surface area contributed by atoms with E-state index in [2.05, 4.69) is 32.8 Å². The van der Waals surface area contributed by atoms with Crippen molar-refractivity contribution < 1.29 is 22.8 Å². The number of carbonyl (C=O) groups excluding carboxylic acids is 2. The molecule has 1 aliphatic carbocycles. The summed E-state index contributed by atoms with van der Waals surface area (Å²) in [4.78, 5) is 33.9. The normalized spacial score (nSPS) is 20.1. The van der Waals surface area contributed by atoms with Gasteiger partial charge >= 0.3 is 6.18 Å². The van der Waals surface area contributed by atoms with Gasteiger partial charge in [0.05, 0.1) is 22.5 Å². The van der Waals surface area contributed by atoms with Crippen molar-refractivity contribution in [2.75, 3.05) is 11.1 Å². The van der Waals surface area contributed by atoms with E-state index in [4.69, 9.17) is 10.8 Å². The number of allylic oxidation sites excluding steroid dienone is 1. The van der Waals surface area contributed by atoms with E-state index in [1.807, 2.05) is 4.68 Å². The van der Waals surface area contributed by atoms with Crippen LogP contribution in [0.1, 0.15) is 85.3 Å². The molecule has 9 nitrogen and oxygen atoms in total. The summed E-state index contributed by atoms with van der Waals surface area (Å²) in [7, 11) is 0. The van der Waals surface area contributed by atoms with Gasteiger partial charge in [-0.15, -0.1) is 0 Å². The van der Waals surface area contributed by atoms with Crippen LogP contribution in [0, 0.1) is 0 Å². The molecule has 45 heavy (non-hydrogen) atoms. The van der Waals surface area contributed by atoms with Crippen LogP contribution >= 0.6 is 0 Å². The molecule has 6 rings (SSSR count). The number of halogens is 3. The van der Waals surface area contributed by atoms with Gasteiger partial charge in [0.25, 0.3) is 5.91 Å². The van der Waals surface area contributed by atoms with Crippen LogP contribution in [0.2, 0.25) is 0 Å². The molecule has 2 bridgehead atoms. The van der Waals surface area contributed by atoms with E-state index in [1.165, 1.54) is 0 Å². The molecule has 3 aromatic heterocycles. The second-order valence-corrected chi connectivity index (χ2v) is 11.7. The molecule has 1 aliphatic heterocycles. The predicted molar refractivity (Wildman–Crippen MR) is 166 cm³/mol. The lowest BCUT2D eigenvalue weighted by atomic mass is 9.90. The molecule has 0 saturated heterocycles. The fourth-order valence-electron chi connectivity index (χ4n) is 6.20. The Bertz CT molecular complexity index is 1750. The molecule has 0 radical (unpaired) electrons. The Balaban J connectivity index is 1.35. The van der Waals surface area contributed by atoms with Crippen LogP contribution in [-0.4, -0.2) is 37.6 Å². The Hall–Kier alpha value is -4.74. The molecule has 0 spiro atoms. The van der Waals surface area contributed by atoms with Gasteiger partial charge in [0.1, 0.15) is 17.3 Å². The van der Waals surface area contributed by atoms with Crippen LogP contribution in [0.5, 0.6) is 0 Å². The number of nitrogen functional groups attached to an aromatic ring is 1. The van der Waals surface area contributed by atoms with Crippen molar-refractivity contribution in [3.05, 3.63) is 71.6 Å². The SMILES string of the molecule is Nc1ncc2c3c1c(-c1ccc(C(=O)Nc4cc(C(F)(F)F)ccn4)cc1)nn3[C@@H]1CCCC(C1)NC(=O)CCCCC/C=C/2. The highest BCUT2D eigenvalue weighted by atomic mass is 19.4. The van der Waals surface area contributed by atoms with Crippen molar-refractivity contribution in [3.63, 3.8) is 0 Å². The van der Waals surface area contributed by atoms with Crippen LogP contribution in [0.4, 0.5) is 24.8 Å². The van der Waals surface area contributed by atoms with E-state index < -0.39 is 17.6 Å². The van der Waals surface area contributed by atoms with Gasteiger partial charge in [0.15, 0.2) is 0 Å². The van der Waals surface area contributed by atoms with Crippen molar-refractivity contribution in [1.29, 1.82) is 0 Å². The van der Waals surface area contributed by atoms with Gasteiger partial charge in [-0.2, -0.15) is 18.3 Å². The summed E-state index contributed by atoms with van der Waals surface area (Å²) >= 11 is 0. The summed E-state index contributed by atoms with van der Waals surface area (Å²) in [5.41, 5.74) is 8.93. The summed E-state index contributed by atoms with van der Waals surface area (Å²) in [6.45, 7) is 0. The Morgan fingerprint density at radius 3 is 2.67 bits per heavy atom. The minimum atomic E-state index is -4.55. The quantitative estimate of drug-likeness (QED) is 0.229. The Kier molecular flexibility index (Phi) is 8.55. The Morgan fingerprint density at radius 1 is 1.04 bits per heavy atom.